The van der Waals surface area contributed by atoms with Crippen molar-refractivity contribution in [2.24, 2.45) is 0 Å². The van der Waals surface area contributed by atoms with Crippen LogP contribution >= 0.6 is 19.0 Å². The lowest BCUT2D eigenvalue weighted by Gasteiger charge is -2.20. The lowest BCUT2D eigenvalue weighted by molar-refractivity contribution is 0.494. The standard InChI is InChI=1S/C20H26ClO2P/c1-5-15-11-9-12-16(6-2)19(15)22-24(21)23-20-17(7-3)13-10-14-18(20)8-4/h9-14H,5-8H2,1-4H3. The third-order valence-electron chi connectivity index (χ3n) is 4.21. The van der Waals surface area contributed by atoms with Crippen molar-refractivity contribution in [3.63, 3.8) is 0 Å². The first-order chi connectivity index (χ1) is 11.6. The number of benzene rings is 2. The average Bonchev–Trinajstić information content (AvgIpc) is 2.61. The van der Waals surface area contributed by atoms with Crippen LogP contribution in [-0.2, 0) is 25.7 Å². The molecule has 0 N–H and O–H groups in total. The van der Waals surface area contributed by atoms with E-state index in [9.17, 15) is 0 Å². The molecule has 0 atom stereocenters. The van der Waals surface area contributed by atoms with Gasteiger partial charge in [-0.15, -0.1) is 0 Å². The van der Waals surface area contributed by atoms with Crippen LogP contribution < -0.4 is 9.05 Å². The van der Waals surface area contributed by atoms with Crippen LogP contribution in [0.25, 0.3) is 0 Å². The number of aryl methyl sites for hydroxylation is 4. The van der Waals surface area contributed by atoms with Gasteiger partial charge < -0.3 is 9.05 Å². The molecule has 2 aromatic rings. The highest BCUT2D eigenvalue weighted by Crippen LogP contribution is 2.48. The van der Waals surface area contributed by atoms with Crippen molar-refractivity contribution < 1.29 is 9.05 Å². The molecule has 0 amide bonds. The number of para-hydroxylation sites is 2. The predicted octanol–water partition coefficient (Wildman–Crippen LogP) is 6.86. The minimum absolute atomic E-state index is 0.885. The Hall–Kier alpha value is -1.24. The van der Waals surface area contributed by atoms with E-state index < -0.39 is 7.73 Å². The topological polar surface area (TPSA) is 18.5 Å². The molecular weight excluding hydrogens is 339 g/mol. The Labute approximate surface area is 151 Å². The monoisotopic (exact) mass is 364 g/mol. The van der Waals surface area contributed by atoms with Gasteiger partial charge in [0.1, 0.15) is 11.5 Å². The minimum atomic E-state index is -1.55. The second-order valence-corrected chi connectivity index (χ2v) is 7.24. The Morgan fingerprint density at radius 2 is 0.958 bits per heavy atom. The molecule has 130 valence electrons. The Kier molecular flexibility index (Phi) is 7.40. The molecule has 2 nitrogen and oxygen atoms in total. The van der Waals surface area contributed by atoms with Crippen molar-refractivity contribution in [1.82, 2.24) is 0 Å². The summed E-state index contributed by atoms with van der Waals surface area (Å²) in [6.07, 6.45) is 3.65. The summed E-state index contributed by atoms with van der Waals surface area (Å²) in [6, 6.07) is 12.5. The summed E-state index contributed by atoms with van der Waals surface area (Å²) < 4.78 is 12.1. The molecule has 0 saturated heterocycles. The van der Waals surface area contributed by atoms with Crippen LogP contribution in [0.2, 0.25) is 0 Å². The van der Waals surface area contributed by atoms with Gasteiger partial charge in [-0.1, -0.05) is 64.1 Å². The molecule has 0 aliphatic heterocycles. The van der Waals surface area contributed by atoms with Gasteiger partial charge in [-0.3, -0.25) is 0 Å². The van der Waals surface area contributed by atoms with Crippen LogP contribution in [-0.4, -0.2) is 0 Å². The van der Waals surface area contributed by atoms with Gasteiger partial charge in [0.15, 0.2) is 0 Å². The molecule has 4 heteroatoms. The first kappa shape index (κ1) is 19.1. The summed E-state index contributed by atoms with van der Waals surface area (Å²) in [5.74, 6) is 1.77. The van der Waals surface area contributed by atoms with Gasteiger partial charge in [0, 0.05) is 0 Å². The van der Waals surface area contributed by atoms with Gasteiger partial charge in [0.25, 0.3) is 0 Å². The normalized spacial score (nSPS) is 10.9. The Bertz CT molecular complexity index is 571. The lowest BCUT2D eigenvalue weighted by atomic mass is 10.1. The predicted molar refractivity (Wildman–Crippen MR) is 104 cm³/mol. The molecule has 0 unspecified atom stereocenters. The largest absolute Gasteiger partial charge is 0.427 e. The SMILES string of the molecule is CCc1cccc(CC)c1OP(Cl)Oc1c(CC)cccc1CC. The number of hydrogen-bond donors (Lipinski definition) is 0. The Morgan fingerprint density at radius 1 is 0.667 bits per heavy atom. The van der Waals surface area contributed by atoms with Crippen molar-refractivity contribution >= 4 is 19.0 Å². The number of rotatable bonds is 8. The fourth-order valence-corrected chi connectivity index (χ4v) is 3.99. The van der Waals surface area contributed by atoms with E-state index in [0.29, 0.717) is 0 Å². The van der Waals surface area contributed by atoms with E-state index in [1.165, 1.54) is 22.3 Å². The van der Waals surface area contributed by atoms with Crippen molar-refractivity contribution in [1.29, 1.82) is 0 Å². The van der Waals surface area contributed by atoms with Crippen LogP contribution in [0.3, 0.4) is 0 Å². The smallest absolute Gasteiger partial charge is 0.401 e. The molecule has 2 aromatic carbocycles. The maximum absolute atomic E-state index is 6.49. The third kappa shape index (κ3) is 4.43. The highest BCUT2D eigenvalue weighted by molar-refractivity contribution is 7.76. The van der Waals surface area contributed by atoms with Crippen LogP contribution in [0.4, 0.5) is 0 Å². The van der Waals surface area contributed by atoms with Crippen LogP contribution in [0.15, 0.2) is 36.4 Å². The molecular formula is C20H26ClO2P. The molecule has 0 aliphatic rings. The van der Waals surface area contributed by atoms with Gasteiger partial charge in [-0.05, 0) is 59.2 Å². The Morgan fingerprint density at radius 3 is 1.21 bits per heavy atom. The molecule has 0 fully saturated rings. The maximum Gasteiger partial charge on any atom is 0.401 e. The summed E-state index contributed by atoms with van der Waals surface area (Å²) in [6.45, 7) is 8.50. The van der Waals surface area contributed by atoms with Crippen LogP contribution in [0.1, 0.15) is 49.9 Å². The second-order valence-electron chi connectivity index (χ2n) is 5.62. The van der Waals surface area contributed by atoms with Crippen LogP contribution in [0, 0.1) is 0 Å². The van der Waals surface area contributed by atoms with E-state index in [0.717, 1.165) is 37.2 Å². The molecule has 0 aliphatic carbocycles. The zero-order valence-corrected chi connectivity index (χ0v) is 16.6. The summed E-state index contributed by atoms with van der Waals surface area (Å²) in [7, 11) is -1.55. The Balaban J connectivity index is 2.25. The zero-order valence-electron chi connectivity index (χ0n) is 14.9. The summed E-state index contributed by atoms with van der Waals surface area (Å²) in [5, 5.41) is 0. The highest BCUT2D eigenvalue weighted by Gasteiger charge is 2.19. The summed E-state index contributed by atoms with van der Waals surface area (Å²) in [4.78, 5) is 0. The molecule has 0 saturated carbocycles. The molecule has 24 heavy (non-hydrogen) atoms. The highest BCUT2D eigenvalue weighted by atomic mass is 35.7. The summed E-state index contributed by atoms with van der Waals surface area (Å²) >= 11 is 6.49. The van der Waals surface area contributed by atoms with Gasteiger partial charge in [-0.25, -0.2) is 0 Å². The molecule has 0 spiro atoms. The fraction of sp³-hybridized carbons (Fsp3) is 0.400. The van der Waals surface area contributed by atoms with Crippen molar-refractivity contribution in [3.8, 4) is 11.5 Å². The van der Waals surface area contributed by atoms with E-state index in [-0.39, 0.29) is 0 Å². The first-order valence-electron chi connectivity index (χ1n) is 8.67. The molecule has 2 rings (SSSR count). The third-order valence-corrected chi connectivity index (χ3v) is 5.27. The van der Waals surface area contributed by atoms with Crippen molar-refractivity contribution in [2.45, 2.75) is 53.4 Å². The van der Waals surface area contributed by atoms with Gasteiger partial charge in [0.2, 0.25) is 0 Å². The van der Waals surface area contributed by atoms with E-state index in [4.69, 9.17) is 20.3 Å². The van der Waals surface area contributed by atoms with Gasteiger partial charge >= 0.3 is 7.73 Å². The molecule has 0 aromatic heterocycles. The number of halogens is 1. The van der Waals surface area contributed by atoms with Crippen molar-refractivity contribution in [2.75, 3.05) is 0 Å². The number of hydrogen-bond acceptors (Lipinski definition) is 2. The zero-order chi connectivity index (χ0) is 17.5. The maximum atomic E-state index is 6.49. The molecule has 0 heterocycles. The van der Waals surface area contributed by atoms with E-state index in [2.05, 4.69) is 64.1 Å². The minimum Gasteiger partial charge on any atom is -0.427 e. The van der Waals surface area contributed by atoms with Gasteiger partial charge in [-0.2, -0.15) is 0 Å². The van der Waals surface area contributed by atoms with Gasteiger partial charge in [0.05, 0.1) is 0 Å². The van der Waals surface area contributed by atoms with E-state index >= 15 is 0 Å². The quantitative estimate of drug-likeness (QED) is 0.476. The second kappa shape index (κ2) is 9.30. The molecule has 0 radical (unpaired) electrons. The first-order valence-corrected chi connectivity index (χ1v) is 10.8. The van der Waals surface area contributed by atoms with Crippen molar-refractivity contribution in [3.05, 3.63) is 58.7 Å². The summed E-state index contributed by atoms with van der Waals surface area (Å²) in [5.41, 5.74) is 4.69. The average molecular weight is 365 g/mol. The fourth-order valence-electron chi connectivity index (χ4n) is 2.79. The molecule has 0 bridgehead atoms. The van der Waals surface area contributed by atoms with E-state index in [1.54, 1.807) is 0 Å². The van der Waals surface area contributed by atoms with E-state index in [1.807, 2.05) is 0 Å². The van der Waals surface area contributed by atoms with Crippen LogP contribution in [0.5, 0.6) is 11.5 Å². The lowest BCUT2D eigenvalue weighted by Crippen LogP contribution is -2.01.